The maximum atomic E-state index is 12.6. The quantitative estimate of drug-likeness (QED) is 0.873. The van der Waals surface area contributed by atoms with Crippen LogP contribution in [0.15, 0.2) is 24.3 Å². The van der Waals surface area contributed by atoms with Crippen LogP contribution in [0.5, 0.6) is 5.75 Å². The van der Waals surface area contributed by atoms with Gasteiger partial charge in [-0.3, -0.25) is 4.79 Å². The van der Waals surface area contributed by atoms with E-state index >= 15 is 0 Å². The first-order valence-electron chi connectivity index (χ1n) is 8.12. The molecule has 6 heteroatoms. The summed E-state index contributed by atoms with van der Waals surface area (Å²) < 4.78 is 11.4. The van der Waals surface area contributed by atoms with Gasteiger partial charge >= 0.3 is 0 Å². The number of piperidine rings is 1. The van der Waals surface area contributed by atoms with Gasteiger partial charge in [-0.1, -0.05) is 6.07 Å². The van der Waals surface area contributed by atoms with E-state index in [1.54, 1.807) is 7.11 Å². The van der Waals surface area contributed by atoms with Crippen molar-refractivity contribution >= 4 is 11.6 Å². The molecule has 2 saturated heterocycles. The molecule has 6 nitrogen and oxygen atoms in total. The van der Waals surface area contributed by atoms with Crippen molar-refractivity contribution in [1.29, 1.82) is 0 Å². The Bertz CT molecular complexity index is 558. The van der Waals surface area contributed by atoms with Gasteiger partial charge in [0.25, 0.3) is 5.91 Å². The number of rotatable bonds is 3. The number of nitrogens with zero attached hydrogens (tertiary/aromatic N) is 1. The predicted octanol–water partition coefficient (Wildman–Crippen LogP) is 1.09. The average Bonchev–Trinajstić information content (AvgIpc) is 2.55. The van der Waals surface area contributed by atoms with Crippen LogP contribution in [0.3, 0.4) is 0 Å². The number of ether oxygens (including phenoxy) is 2. The van der Waals surface area contributed by atoms with Crippen LogP contribution in [0.2, 0.25) is 0 Å². The zero-order chi connectivity index (χ0) is 16.3. The number of hydrogen-bond acceptors (Lipinski definition) is 5. The van der Waals surface area contributed by atoms with Gasteiger partial charge in [-0.2, -0.15) is 0 Å². The molecule has 2 aliphatic heterocycles. The summed E-state index contributed by atoms with van der Waals surface area (Å²) >= 11 is 0. The Morgan fingerprint density at radius 3 is 2.96 bits per heavy atom. The molecule has 1 aromatic carbocycles. The SMILES string of the molecule is COc1cccc(NC(=O)C2CN(C)CC3(CCNCC3)O2)c1. The lowest BCUT2D eigenvalue weighted by Crippen LogP contribution is -2.60. The maximum Gasteiger partial charge on any atom is 0.254 e. The number of morpholine rings is 1. The van der Waals surface area contributed by atoms with Crippen molar-refractivity contribution in [1.82, 2.24) is 10.2 Å². The summed E-state index contributed by atoms with van der Waals surface area (Å²) in [5.41, 5.74) is 0.528. The van der Waals surface area contributed by atoms with Crippen LogP contribution in [0.25, 0.3) is 0 Å². The van der Waals surface area contributed by atoms with Crippen molar-refractivity contribution in [2.24, 2.45) is 0 Å². The van der Waals surface area contributed by atoms with E-state index in [1.807, 2.05) is 24.3 Å². The molecule has 2 aliphatic rings. The van der Waals surface area contributed by atoms with Gasteiger partial charge in [0.2, 0.25) is 0 Å². The highest BCUT2D eigenvalue weighted by Gasteiger charge is 2.42. The summed E-state index contributed by atoms with van der Waals surface area (Å²) in [5, 5.41) is 6.30. The molecule has 0 saturated carbocycles. The molecular formula is C17H25N3O3. The van der Waals surface area contributed by atoms with Gasteiger partial charge in [0.1, 0.15) is 11.9 Å². The number of amides is 1. The van der Waals surface area contributed by atoms with E-state index < -0.39 is 6.10 Å². The highest BCUT2D eigenvalue weighted by molar-refractivity contribution is 5.94. The first-order valence-corrected chi connectivity index (χ1v) is 8.12. The number of likely N-dealkylation sites (N-methyl/N-ethyl adjacent to an activating group) is 1. The second kappa shape index (κ2) is 6.86. The Morgan fingerprint density at radius 2 is 2.22 bits per heavy atom. The van der Waals surface area contributed by atoms with Gasteiger partial charge in [0.05, 0.1) is 12.7 Å². The number of hydrogen-bond donors (Lipinski definition) is 2. The van der Waals surface area contributed by atoms with Gasteiger partial charge < -0.3 is 25.0 Å². The lowest BCUT2D eigenvalue weighted by molar-refractivity contribution is -0.172. The van der Waals surface area contributed by atoms with Crippen molar-refractivity contribution < 1.29 is 14.3 Å². The molecule has 1 amide bonds. The second-order valence-electron chi connectivity index (χ2n) is 6.46. The van der Waals surface area contributed by atoms with E-state index in [0.717, 1.165) is 43.9 Å². The zero-order valence-electron chi connectivity index (χ0n) is 13.8. The molecule has 1 spiro atoms. The summed E-state index contributed by atoms with van der Waals surface area (Å²) in [4.78, 5) is 14.8. The Kier molecular flexibility index (Phi) is 4.84. The van der Waals surface area contributed by atoms with Gasteiger partial charge in [-0.15, -0.1) is 0 Å². The smallest absolute Gasteiger partial charge is 0.254 e. The fraction of sp³-hybridized carbons (Fsp3) is 0.588. The van der Waals surface area contributed by atoms with Gasteiger partial charge in [0, 0.05) is 24.8 Å². The van der Waals surface area contributed by atoms with Crippen molar-refractivity contribution in [2.75, 3.05) is 45.7 Å². The fourth-order valence-corrected chi connectivity index (χ4v) is 3.43. The first kappa shape index (κ1) is 16.2. The first-order chi connectivity index (χ1) is 11.1. The van der Waals surface area contributed by atoms with E-state index in [4.69, 9.17) is 9.47 Å². The highest BCUT2D eigenvalue weighted by atomic mass is 16.5. The minimum atomic E-state index is -0.446. The number of nitrogens with one attached hydrogen (secondary N) is 2. The van der Waals surface area contributed by atoms with E-state index in [2.05, 4.69) is 22.6 Å². The van der Waals surface area contributed by atoms with Crippen LogP contribution in [0.4, 0.5) is 5.69 Å². The number of methoxy groups -OCH3 is 1. The molecule has 2 heterocycles. The van der Waals surface area contributed by atoms with Crippen molar-refractivity contribution in [3.63, 3.8) is 0 Å². The fourth-order valence-electron chi connectivity index (χ4n) is 3.43. The maximum absolute atomic E-state index is 12.6. The van der Waals surface area contributed by atoms with Gasteiger partial charge in [-0.05, 0) is 45.1 Å². The third kappa shape index (κ3) is 3.83. The van der Waals surface area contributed by atoms with Crippen LogP contribution in [-0.2, 0) is 9.53 Å². The molecule has 3 rings (SSSR count). The number of benzene rings is 1. The van der Waals surface area contributed by atoms with E-state index in [1.165, 1.54) is 0 Å². The molecule has 1 atom stereocenters. The molecule has 1 unspecified atom stereocenters. The summed E-state index contributed by atoms with van der Waals surface area (Å²) in [6, 6.07) is 7.37. The Balaban J connectivity index is 1.68. The van der Waals surface area contributed by atoms with Crippen LogP contribution in [0.1, 0.15) is 12.8 Å². The Labute approximate surface area is 137 Å². The standard InChI is InChI=1S/C17H25N3O3/c1-20-11-15(23-17(12-20)6-8-18-9-7-17)16(21)19-13-4-3-5-14(10-13)22-2/h3-5,10,15,18H,6-9,11-12H2,1-2H3,(H,19,21). The van der Waals surface area contributed by atoms with Crippen molar-refractivity contribution in [3.05, 3.63) is 24.3 Å². The monoisotopic (exact) mass is 319 g/mol. The minimum absolute atomic E-state index is 0.0947. The topological polar surface area (TPSA) is 62.8 Å². The normalized spacial score (nSPS) is 24.3. The third-order valence-corrected chi connectivity index (χ3v) is 4.57. The molecular weight excluding hydrogens is 294 g/mol. The molecule has 23 heavy (non-hydrogen) atoms. The van der Waals surface area contributed by atoms with Crippen LogP contribution < -0.4 is 15.4 Å². The van der Waals surface area contributed by atoms with Crippen LogP contribution in [0, 0.1) is 0 Å². The highest BCUT2D eigenvalue weighted by Crippen LogP contribution is 2.30. The lowest BCUT2D eigenvalue weighted by Gasteiger charge is -2.46. The van der Waals surface area contributed by atoms with E-state index in [-0.39, 0.29) is 11.5 Å². The van der Waals surface area contributed by atoms with Gasteiger partial charge in [0.15, 0.2) is 0 Å². The van der Waals surface area contributed by atoms with Crippen LogP contribution >= 0.6 is 0 Å². The summed E-state index contributed by atoms with van der Waals surface area (Å²) in [7, 11) is 3.67. The molecule has 0 bridgehead atoms. The minimum Gasteiger partial charge on any atom is -0.497 e. The largest absolute Gasteiger partial charge is 0.497 e. The number of carbonyl (C=O) groups is 1. The summed E-state index contributed by atoms with van der Waals surface area (Å²) in [5.74, 6) is 0.627. The molecule has 0 radical (unpaired) electrons. The third-order valence-electron chi connectivity index (χ3n) is 4.57. The molecule has 0 aliphatic carbocycles. The Morgan fingerprint density at radius 1 is 1.43 bits per heavy atom. The van der Waals surface area contributed by atoms with E-state index in [0.29, 0.717) is 6.54 Å². The molecule has 2 fully saturated rings. The molecule has 126 valence electrons. The predicted molar refractivity (Wildman–Crippen MR) is 88.8 cm³/mol. The lowest BCUT2D eigenvalue weighted by atomic mass is 9.89. The zero-order valence-corrected chi connectivity index (χ0v) is 13.8. The number of anilines is 1. The Hall–Kier alpha value is -1.63. The second-order valence-corrected chi connectivity index (χ2v) is 6.46. The molecule has 0 aromatic heterocycles. The van der Waals surface area contributed by atoms with Crippen molar-refractivity contribution in [3.8, 4) is 5.75 Å². The molecule has 1 aromatic rings. The molecule has 2 N–H and O–H groups in total. The van der Waals surface area contributed by atoms with E-state index in [9.17, 15) is 4.79 Å². The number of carbonyl (C=O) groups excluding carboxylic acids is 1. The van der Waals surface area contributed by atoms with Crippen molar-refractivity contribution in [2.45, 2.75) is 24.5 Å². The summed E-state index contributed by atoms with van der Waals surface area (Å²) in [6.45, 7) is 3.39. The van der Waals surface area contributed by atoms with Crippen LogP contribution in [-0.4, -0.2) is 62.8 Å². The average molecular weight is 319 g/mol. The van der Waals surface area contributed by atoms with Gasteiger partial charge in [-0.25, -0.2) is 0 Å². The summed E-state index contributed by atoms with van der Waals surface area (Å²) in [6.07, 6.45) is 1.44.